The fraction of sp³-hybridized carbons (Fsp3) is 0.647. The van der Waals surface area contributed by atoms with Gasteiger partial charge in [-0.05, 0) is 29.9 Å². The first-order valence-electron chi connectivity index (χ1n) is 7.45. The molecule has 1 aromatic rings. The molecule has 0 amide bonds. The maximum absolute atomic E-state index is 5.10. The number of benzene rings is 1. The molecule has 0 radical (unpaired) electrons. The van der Waals surface area contributed by atoms with Gasteiger partial charge >= 0.3 is 0 Å². The van der Waals surface area contributed by atoms with Crippen LogP contribution in [0.25, 0.3) is 0 Å². The van der Waals surface area contributed by atoms with Crippen LogP contribution < -0.4 is 5.32 Å². The predicted molar refractivity (Wildman–Crippen MR) is 82.7 cm³/mol. The zero-order valence-electron chi connectivity index (χ0n) is 12.9. The molecule has 2 atom stereocenters. The largest absolute Gasteiger partial charge is 0.383 e. The molecule has 2 heteroatoms. The minimum absolute atomic E-state index is 0.595. The average Bonchev–Trinajstić information content (AvgIpc) is 2.40. The number of hydrogen-bond acceptors (Lipinski definition) is 2. The van der Waals surface area contributed by atoms with Crippen LogP contribution in [0.4, 0.5) is 0 Å². The lowest BCUT2D eigenvalue weighted by molar-refractivity contribution is 0.198. The van der Waals surface area contributed by atoms with Gasteiger partial charge in [-0.15, -0.1) is 0 Å². The highest BCUT2D eigenvalue weighted by atomic mass is 16.5. The Hall–Kier alpha value is -0.860. The maximum Gasteiger partial charge on any atom is 0.0587 e. The molecule has 2 nitrogen and oxygen atoms in total. The molecule has 0 saturated carbocycles. The topological polar surface area (TPSA) is 21.3 Å². The molecular weight excluding hydrogens is 234 g/mol. The monoisotopic (exact) mass is 263 g/mol. The first-order chi connectivity index (χ1) is 9.20. The summed E-state index contributed by atoms with van der Waals surface area (Å²) in [7, 11) is 1.75. The zero-order chi connectivity index (χ0) is 14.1. The average molecular weight is 263 g/mol. The Morgan fingerprint density at radius 2 is 2.00 bits per heavy atom. The van der Waals surface area contributed by atoms with Crippen molar-refractivity contribution in [2.45, 2.75) is 39.5 Å². The molecule has 0 saturated heterocycles. The van der Waals surface area contributed by atoms with Crippen LogP contribution in [-0.2, 0) is 4.74 Å². The van der Waals surface area contributed by atoms with E-state index in [0.717, 1.165) is 19.7 Å². The second kappa shape index (κ2) is 9.11. The number of ether oxygens (including phenoxy) is 1. The fourth-order valence-electron chi connectivity index (χ4n) is 2.71. The highest BCUT2D eigenvalue weighted by molar-refractivity contribution is 5.30. The normalized spacial score (nSPS) is 14.3. The Balaban J connectivity index is 2.71. The first kappa shape index (κ1) is 16.2. The van der Waals surface area contributed by atoms with Gasteiger partial charge in [-0.3, -0.25) is 0 Å². The van der Waals surface area contributed by atoms with Crippen molar-refractivity contribution in [3.8, 4) is 0 Å². The van der Waals surface area contributed by atoms with E-state index < -0.39 is 0 Å². The highest BCUT2D eigenvalue weighted by Crippen LogP contribution is 2.29. The van der Waals surface area contributed by atoms with E-state index >= 15 is 0 Å². The summed E-state index contributed by atoms with van der Waals surface area (Å²) in [6, 6.07) is 8.78. The molecule has 0 aromatic heterocycles. The van der Waals surface area contributed by atoms with Gasteiger partial charge in [-0.25, -0.2) is 0 Å². The molecule has 19 heavy (non-hydrogen) atoms. The van der Waals surface area contributed by atoms with Crippen molar-refractivity contribution in [2.75, 3.05) is 26.8 Å². The minimum Gasteiger partial charge on any atom is -0.383 e. The van der Waals surface area contributed by atoms with Crippen LogP contribution in [0.5, 0.6) is 0 Å². The van der Waals surface area contributed by atoms with Crippen molar-refractivity contribution in [3.63, 3.8) is 0 Å². The molecule has 0 aliphatic carbocycles. The number of aryl methyl sites for hydroxylation is 1. The first-order valence-corrected chi connectivity index (χ1v) is 7.45. The standard InChI is InChI=1S/C17H29NO/c1-5-8-14(2)17(13-18-11-12-19-4)16-10-7-6-9-15(16)3/h6-7,9-10,14,17-18H,5,8,11-13H2,1-4H3. The second-order valence-corrected chi connectivity index (χ2v) is 5.43. The van der Waals surface area contributed by atoms with E-state index in [0.29, 0.717) is 11.8 Å². The predicted octanol–water partition coefficient (Wildman–Crippen LogP) is 3.75. The van der Waals surface area contributed by atoms with Crippen molar-refractivity contribution >= 4 is 0 Å². The van der Waals surface area contributed by atoms with E-state index in [2.05, 4.69) is 50.4 Å². The van der Waals surface area contributed by atoms with Gasteiger partial charge in [-0.2, -0.15) is 0 Å². The summed E-state index contributed by atoms with van der Waals surface area (Å²) >= 11 is 0. The van der Waals surface area contributed by atoms with Crippen molar-refractivity contribution in [2.24, 2.45) is 5.92 Å². The van der Waals surface area contributed by atoms with Crippen molar-refractivity contribution in [1.29, 1.82) is 0 Å². The maximum atomic E-state index is 5.10. The molecule has 0 aliphatic rings. The Kier molecular flexibility index (Phi) is 7.76. The Bertz CT molecular complexity index is 351. The quantitative estimate of drug-likeness (QED) is 0.685. The number of nitrogens with one attached hydrogen (secondary N) is 1. The molecule has 0 heterocycles. The smallest absolute Gasteiger partial charge is 0.0587 e. The van der Waals surface area contributed by atoms with Gasteiger partial charge < -0.3 is 10.1 Å². The van der Waals surface area contributed by atoms with Crippen molar-refractivity contribution in [1.82, 2.24) is 5.32 Å². The Morgan fingerprint density at radius 1 is 1.26 bits per heavy atom. The second-order valence-electron chi connectivity index (χ2n) is 5.43. The van der Waals surface area contributed by atoms with E-state index in [9.17, 15) is 0 Å². The molecule has 0 bridgehead atoms. The lowest BCUT2D eigenvalue weighted by Crippen LogP contribution is -2.28. The zero-order valence-corrected chi connectivity index (χ0v) is 12.9. The molecule has 0 aliphatic heterocycles. The summed E-state index contributed by atoms with van der Waals surface area (Å²) in [5.74, 6) is 1.30. The van der Waals surface area contributed by atoms with E-state index in [-0.39, 0.29) is 0 Å². The third kappa shape index (κ3) is 5.33. The fourth-order valence-corrected chi connectivity index (χ4v) is 2.71. The van der Waals surface area contributed by atoms with Crippen LogP contribution in [0.1, 0.15) is 43.7 Å². The minimum atomic E-state index is 0.595. The summed E-state index contributed by atoms with van der Waals surface area (Å²) in [6.07, 6.45) is 2.53. The van der Waals surface area contributed by atoms with Gasteiger partial charge in [0.15, 0.2) is 0 Å². The number of methoxy groups -OCH3 is 1. The molecule has 0 spiro atoms. The van der Waals surface area contributed by atoms with Gasteiger partial charge in [0.2, 0.25) is 0 Å². The Labute approximate surface area is 118 Å². The van der Waals surface area contributed by atoms with Crippen LogP contribution in [0.15, 0.2) is 24.3 Å². The van der Waals surface area contributed by atoms with Crippen LogP contribution in [0, 0.1) is 12.8 Å². The molecular formula is C17H29NO. The summed E-state index contributed by atoms with van der Waals surface area (Å²) in [5, 5.41) is 3.53. The van der Waals surface area contributed by atoms with E-state index in [1.54, 1.807) is 7.11 Å². The van der Waals surface area contributed by atoms with E-state index in [1.165, 1.54) is 24.0 Å². The third-order valence-electron chi connectivity index (χ3n) is 3.87. The summed E-state index contributed by atoms with van der Waals surface area (Å²) in [5.41, 5.74) is 2.90. The SMILES string of the molecule is CCCC(C)C(CNCCOC)c1ccccc1C. The molecule has 2 unspecified atom stereocenters. The van der Waals surface area contributed by atoms with Gasteiger partial charge in [0.25, 0.3) is 0 Å². The van der Waals surface area contributed by atoms with E-state index in [4.69, 9.17) is 4.74 Å². The van der Waals surface area contributed by atoms with Crippen LogP contribution in [-0.4, -0.2) is 26.8 Å². The van der Waals surface area contributed by atoms with Gasteiger partial charge in [0, 0.05) is 20.2 Å². The molecule has 1 N–H and O–H groups in total. The lowest BCUT2D eigenvalue weighted by atomic mass is 9.82. The number of hydrogen-bond donors (Lipinski definition) is 1. The van der Waals surface area contributed by atoms with Gasteiger partial charge in [0.05, 0.1) is 6.61 Å². The summed E-state index contributed by atoms with van der Waals surface area (Å²) in [4.78, 5) is 0. The Morgan fingerprint density at radius 3 is 2.63 bits per heavy atom. The molecule has 108 valence electrons. The third-order valence-corrected chi connectivity index (χ3v) is 3.87. The lowest BCUT2D eigenvalue weighted by Gasteiger charge is -2.26. The van der Waals surface area contributed by atoms with Crippen LogP contribution in [0.2, 0.25) is 0 Å². The summed E-state index contributed by atoms with van der Waals surface area (Å²) < 4.78 is 5.10. The highest BCUT2D eigenvalue weighted by Gasteiger charge is 2.19. The molecule has 0 fully saturated rings. The summed E-state index contributed by atoms with van der Waals surface area (Å²) in [6.45, 7) is 9.61. The van der Waals surface area contributed by atoms with Gasteiger partial charge in [-0.1, -0.05) is 51.0 Å². The van der Waals surface area contributed by atoms with Crippen LogP contribution >= 0.6 is 0 Å². The van der Waals surface area contributed by atoms with Crippen molar-refractivity contribution < 1.29 is 4.74 Å². The number of rotatable bonds is 9. The van der Waals surface area contributed by atoms with Gasteiger partial charge in [0.1, 0.15) is 0 Å². The molecule has 1 aromatic carbocycles. The van der Waals surface area contributed by atoms with Crippen LogP contribution in [0.3, 0.4) is 0 Å². The van der Waals surface area contributed by atoms with Crippen molar-refractivity contribution in [3.05, 3.63) is 35.4 Å². The molecule has 1 rings (SSSR count). The van der Waals surface area contributed by atoms with E-state index in [1.807, 2.05) is 0 Å².